The molecule has 1 amide bonds. The first-order valence-electron chi connectivity index (χ1n) is 5.63. The molecule has 0 spiro atoms. The fourth-order valence-corrected chi connectivity index (χ4v) is 2.01. The van der Waals surface area contributed by atoms with Gasteiger partial charge < -0.3 is 20.1 Å². The smallest absolute Gasteiger partial charge is 0.257 e. The van der Waals surface area contributed by atoms with E-state index in [-0.39, 0.29) is 5.91 Å². The number of carbonyl (C=O) groups is 1. The predicted octanol–water partition coefficient (Wildman–Crippen LogP) is 1.40. The van der Waals surface area contributed by atoms with Gasteiger partial charge in [0.05, 0.1) is 36.6 Å². The van der Waals surface area contributed by atoms with Gasteiger partial charge in [0.2, 0.25) is 0 Å². The highest BCUT2D eigenvalue weighted by atomic mass is 35.5. The summed E-state index contributed by atoms with van der Waals surface area (Å²) in [6.07, 6.45) is 0. The number of benzene rings is 1. The Morgan fingerprint density at radius 1 is 1.44 bits per heavy atom. The fourth-order valence-electron chi connectivity index (χ4n) is 1.84. The van der Waals surface area contributed by atoms with Crippen molar-refractivity contribution in [2.75, 3.05) is 39.1 Å². The van der Waals surface area contributed by atoms with Crippen molar-refractivity contribution in [1.82, 2.24) is 4.90 Å². The number of anilines is 1. The molecule has 0 aromatic heterocycles. The highest BCUT2D eigenvalue weighted by Gasteiger charge is 2.22. The highest BCUT2D eigenvalue weighted by molar-refractivity contribution is 6.33. The van der Waals surface area contributed by atoms with Crippen LogP contribution in [0.15, 0.2) is 12.1 Å². The van der Waals surface area contributed by atoms with Crippen LogP contribution in [0.1, 0.15) is 10.4 Å². The average Bonchev–Trinajstić information content (AvgIpc) is 2.41. The van der Waals surface area contributed by atoms with Gasteiger partial charge in [0.15, 0.2) is 0 Å². The summed E-state index contributed by atoms with van der Waals surface area (Å²) in [4.78, 5) is 14.1. The summed E-state index contributed by atoms with van der Waals surface area (Å²) in [7, 11) is 1.50. The summed E-state index contributed by atoms with van der Waals surface area (Å²) >= 11 is 5.95. The normalized spacial score (nSPS) is 15.6. The van der Waals surface area contributed by atoms with Crippen LogP contribution in [0, 0.1) is 0 Å². The van der Waals surface area contributed by atoms with Gasteiger partial charge in [0.25, 0.3) is 5.91 Å². The van der Waals surface area contributed by atoms with Crippen LogP contribution in [-0.2, 0) is 4.74 Å². The second-order valence-electron chi connectivity index (χ2n) is 3.98. The molecule has 5 nitrogen and oxygen atoms in total. The molecule has 0 bridgehead atoms. The Morgan fingerprint density at radius 3 is 2.72 bits per heavy atom. The van der Waals surface area contributed by atoms with Crippen LogP contribution < -0.4 is 10.5 Å². The molecule has 0 saturated carbocycles. The molecule has 2 rings (SSSR count). The molecule has 0 unspecified atom stereocenters. The number of methoxy groups -OCH3 is 1. The molecular weight excluding hydrogens is 256 g/mol. The molecule has 98 valence electrons. The van der Waals surface area contributed by atoms with Crippen LogP contribution in [-0.4, -0.2) is 44.2 Å². The Kier molecular flexibility index (Phi) is 3.93. The van der Waals surface area contributed by atoms with Crippen molar-refractivity contribution in [2.24, 2.45) is 0 Å². The Balaban J connectivity index is 2.31. The maximum Gasteiger partial charge on any atom is 0.257 e. The van der Waals surface area contributed by atoms with Crippen molar-refractivity contribution < 1.29 is 14.3 Å². The van der Waals surface area contributed by atoms with Gasteiger partial charge in [-0.05, 0) is 6.07 Å². The third-order valence-corrected chi connectivity index (χ3v) is 3.17. The average molecular weight is 271 g/mol. The van der Waals surface area contributed by atoms with E-state index < -0.39 is 0 Å². The number of amides is 1. The molecule has 1 saturated heterocycles. The maximum absolute atomic E-state index is 12.3. The zero-order valence-electron chi connectivity index (χ0n) is 10.1. The molecular formula is C12H15ClN2O3. The first-order valence-corrected chi connectivity index (χ1v) is 6.01. The molecule has 1 heterocycles. The van der Waals surface area contributed by atoms with E-state index in [9.17, 15) is 4.79 Å². The number of ether oxygens (including phenoxy) is 2. The lowest BCUT2D eigenvalue weighted by Gasteiger charge is -2.27. The van der Waals surface area contributed by atoms with E-state index >= 15 is 0 Å². The van der Waals surface area contributed by atoms with Gasteiger partial charge in [-0.25, -0.2) is 0 Å². The van der Waals surface area contributed by atoms with E-state index in [2.05, 4.69) is 0 Å². The van der Waals surface area contributed by atoms with Gasteiger partial charge >= 0.3 is 0 Å². The van der Waals surface area contributed by atoms with Crippen molar-refractivity contribution >= 4 is 23.2 Å². The number of nitrogen functional groups attached to an aromatic ring is 1. The van der Waals surface area contributed by atoms with Crippen molar-refractivity contribution in [2.45, 2.75) is 0 Å². The number of hydrogen-bond acceptors (Lipinski definition) is 4. The third-order valence-electron chi connectivity index (χ3n) is 2.85. The largest absolute Gasteiger partial charge is 0.496 e. The Labute approximate surface area is 110 Å². The quantitative estimate of drug-likeness (QED) is 0.825. The highest BCUT2D eigenvalue weighted by Crippen LogP contribution is 2.29. The molecule has 1 aliphatic rings. The molecule has 1 aromatic rings. The lowest BCUT2D eigenvalue weighted by atomic mass is 10.1. The first kappa shape index (κ1) is 13.0. The molecule has 0 radical (unpaired) electrons. The van der Waals surface area contributed by atoms with Gasteiger partial charge in [-0.15, -0.1) is 0 Å². The van der Waals surface area contributed by atoms with E-state index in [1.54, 1.807) is 17.0 Å². The van der Waals surface area contributed by atoms with Gasteiger partial charge in [-0.3, -0.25) is 4.79 Å². The minimum Gasteiger partial charge on any atom is -0.496 e. The summed E-state index contributed by atoms with van der Waals surface area (Å²) in [5.74, 6) is 0.324. The number of morpholine rings is 1. The van der Waals surface area contributed by atoms with Crippen LogP contribution in [0.4, 0.5) is 5.69 Å². The lowest BCUT2D eigenvalue weighted by Crippen LogP contribution is -2.40. The Bertz CT molecular complexity index is 459. The Morgan fingerprint density at radius 2 is 2.11 bits per heavy atom. The van der Waals surface area contributed by atoms with Crippen molar-refractivity contribution in [3.05, 3.63) is 22.7 Å². The van der Waals surface area contributed by atoms with Crippen LogP contribution in [0.5, 0.6) is 5.75 Å². The zero-order valence-corrected chi connectivity index (χ0v) is 10.9. The predicted molar refractivity (Wildman–Crippen MR) is 69.1 cm³/mol. The SMILES string of the molecule is COc1cc(N)c(Cl)cc1C(=O)N1CCOCC1. The van der Waals surface area contributed by atoms with Crippen molar-refractivity contribution in [1.29, 1.82) is 0 Å². The molecule has 2 N–H and O–H groups in total. The molecule has 0 aliphatic carbocycles. The summed E-state index contributed by atoms with van der Waals surface area (Å²) < 4.78 is 10.4. The summed E-state index contributed by atoms with van der Waals surface area (Å²) in [5.41, 5.74) is 6.51. The van der Waals surface area contributed by atoms with Crippen LogP contribution in [0.3, 0.4) is 0 Å². The third kappa shape index (κ3) is 2.52. The second-order valence-corrected chi connectivity index (χ2v) is 4.39. The molecule has 1 fully saturated rings. The number of nitrogens with zero attached hydrogens (tertiary/aromatic N) is 1. The van der Waals surface area contributed by atoms with Crippen LogP contribution in [0.2, 0.25) is 5.02 Å². The van der Waals surface area contributed by atoms with E-state index in [1.807, 2.05) is 0 Å². The number of hydrogen-bond donors (Lipinski definition) is 1. The van der Waals surface area contributed by atoms with E-state index in [4.69, 9.17) is 26.8 Å². The number of nitrogens with two attached hydrogens (primary N) is 1. The first-order chi connectivity index (χ1) is 8.63. The minimum atomic E-state index is -0.114. The van der Waals surface area contributed by atoms with Crippen molar-refractivity contribution in [3.8, 4) is 5.75 Å². The molecule has 18 heavy (non-hydrogen) atoms. The molecule has 0 atom stereocenters. The van der Waals surface area contributed by atoms with Gasteiger partial charge in [0.1, 0.15) is 5.75 Å². The maximum atomic E-state index is 12.3. The summed E-state index contributed by atoms with van der Waals surface area (Å²) in [6, 6.07) is 3.11. The van der Waals surface area contributed by atoms with Crippen molar-refractivity contribution in [3.63, 3.8) is 0 Å². The summed E-state index contributed by atoms with van der Waals surface area (Å²) in [6.45, 7) is 2.25. The number of halogens is 1. The zero-order chi connectivity index (χ0) is 13.1. The molecule has 1 aliphatic heterocycles. The fraction of sp³-hybridized carbons (Fsp3) is 0.417. The monoisotopic (exact) mass is 270 g/mol. The molecule has 1 aromatic carbocycles. The van der Waals surface area contributed by atoms with E-state index in [0.717, 1.165) is 0 Å². The number of rotatable bonds is 2. The van der Waals surface area contributed by atoms with Crippen LogP contribution in [0.25, 0.3) is 0 Å². The van der Waals surface area contributed by atoms with Gasteiger partial charge in [-0.1, -0.05) is 11.6 Å². The second kappa shape index (κ2) is 5.46. The summed E-state index contributed by atoms with van der Waals surface area (Å²) in [5, 5.41) is 0.354. The lowest BCUT2D eigenvalue weighted by molar-refractivity contribution is 0.0301. The van der Waals surface area contributed by atoms with Crippen LogP contribution >= 0.6 is 11.6 Å². The van der Waals surface area contributed by atoms with Gasteiger partial charge in [-0.2, -0.15) is 0 Å². The standard InChI is InChI=1S/C12H15ClN2O3/c1-17-11-7-10(14)9(13)6-8(11)12(16)15-2-4-18-5-3-15/h6-7H,2-5,14H2,1H3. The topological polar surface area (TPSA) is 64.8 Å². The van der Waals surface area contributed by atoms with Gasteiger partial charge in [0, 0.05) is 19.2 Å². The van der Waals surface area contributed by atoms with E-state index in [1.165, 1.54) is 7.11 Å². The molecule has 6 heteroatoms. The number of carbonyl (C=O) groups excluding carboxylic acids is 1. The minimum absolute atomic E-state index is 0.114. The van der Waals surface area contributed by atoms with E-state index in [0.29, 0.717) is 48.3 Å². The Hall–Kier alpha value is -1.46.